The quantitative estimate of drug-likeness (QED) is 0.250. The number of thiocarbonyl (C=S) groups is 2. The first-order chi connectivity index (χ1) is 14.5. The zero-order valence-corrected chi connectivity index (χ0v) is 17.2. The number of benzene rings is 2. The van der Waals surface area contributed by atoms with Crippen molar-refractivity contribution in [3.63, 3.8) is 0 Å². The van der Waals surface area contributed by atoms with Gasteiger partial charge in [-0.05, 0) is 12.1 Å². The first-order valence-corrected chi connectivity index (χ1v) is 9.61. The number of aromatic nitrogens is 1. The molecule has 0 radical (unpaired) electrons. The van der Waals surface area contributed by atoms with Crippen molar-refractivity contribution in [3.05, 3.63) is 101 Å². The fourth-order valence-electron chi connectivity index (χ4n) is 2.53. The van der Waals surface area contributed by atoms with Crippen LogP contribution in [0.25, 0.3) is 0 Å². The molecule has 3 rings (SSSR count). The van der Waals surface area contributed by atoms with Gasteiger partial charge in [-0.1, -0.05) is 91.2 Å². The SMILES string of the molecule is NNC(=O)c1cccc(C(=O)N(NC(=S)c2ccccc2)C(=S)c2ccccc2)n1. The molecule has 7 nitrogen and oxygen atoms in total. The molecule has 0 aliphatic heterocycles. The van der Waals surface area contributed by atoms with Crippen molar-refractivity contribution in [2.24, 2.45) is 5.84 Å². The zero-order chi connectivity index (χ0) is 21.5. The number of amides is 2. The van der Waals surface area contributed by atoms with Crippen LogP contribution in [0.4, 0.5) is 0 Å². The van der Waals surface area contributed by atoms with Crippen LogP contribution in [0.5, 0.6) is 0 Å². The lowest BCUT2D eigenvalue weighted by molar-refractivity contribution is 0.0819. The summed E-state index contributed by atoms with van der Waals surface area (Å²) in [5.41, 5.74) is 6.24. The summed E-state index contributed by atoms with van der Waals surface area (Å²) in [5, 5.41) is 1.15. The van der Waals surface area contributed by atoms with Gasteiger partial charge in [0.25, 0.3) is 11.8 Å². The molecule has 3 aromatic rings. The predicted octanol–water partition coefficient (Wildman–Crippen LogP) is 2.38. The van der Waals surface area contributed by atoms with E-state index in [0.717, 1.165) is 5.01 Å². The Kier molecular flexibility index (Phi) is 6.91. The van der Waals surface area contributed by atoms with E-state index in [-0.39, 0.29) is 16.4 Å². The van der Waals surface area contributed by atoms with Crippen molar-refractivity contribution in [1.82, 2.24) is 20.8 Å². The summed E-state index contributed by atoms with van der Waals surface area (Å²) in [4.78, 5) is 29.7. The lowest BCUT2D eigenvalue weighted by Crippen LogP contribution is -2.49. The van der Waals surface area contributed by atoms with Gasteiger partial charge >= 0.3 is 0 Å². The second-order valence-electron chi connectivity index (χ2n) is 6.00. The topological polar surface area (TPSA) is 100 Å². The Labute approximate surface area is 183 Å². The van der Waals surface area contributed by atoms with Gasteiger partial charge in [0, 0.05) is 11.1 Å². The molecule has 0 spiro atoms. The van der Waals surface area contributed by atoms with E-state index in [1.807, 2.05) is 54.0 Å². The molecule has 30 heavy (non-hydrogen) atoms. The maximum Gasteiger partial charge on any atom is 0.296 e. The molecule has 1 heterocycles. The van der Waals surface area contributed by atoms with Crippen molar-refractivity contribution in [1.29, 1.82) is 0 Å². The molecule has 0 aliphatic rings. The van der Waals surface area contributed by atoms with E-state index in [0.29, 0.717) is 16.1 Å². The third-order valence-corrected chi connectivity index (χ3v) is 4.75. The number of hydrogen-bond acceptors (Lipinski definition) is 6. The highest BCUT2D eigenvalue weighted by atomic mass is 32.1. The summed E-state index contributed by atoms with van der Waals surface area (Å²) in [7, 11) is 0. The number of rotatable bonds is 4. The standard InChI is InChI=1S/C21H17N5O2S2/c22-24-18(27)16-12-7-13-17(23-16)20(28)26(21(30)15-10-5-2-6-11-15)25-19(29)14-8-3-1-4-9-14/h1-13H,22H2,(H,24,27)(H,25,29). The number of carbonyl (C=O) groups excluding carboxylic acids is 2. The van der Waals surface area contributed by atoms with Crippen LogP contribution in [-0.4, -0.2) is 31.8 Å². The largest absolute Gasteiger partial charge is 0.296 e. The van der Waals surface area contributed by atoms with Gasteiger partial charge in [0.05, 0.1) is 0 Å². The summed E-state index contributed by atoms with van der Waals surface area (Å²) in [6.45, 7) is 0. The molecule has 9 heteroatoms. The number of hydrazine groups is 2. The lowest BCUT2D eigenvalue weighted by Gasteiger charge is -2.25. The molecule has 0 unspecified atom stereocenters. The summed E-state index contributed by atoms with van der Waals surface area (Å²) in [6.07, 6.45) is 0. The normalized spacial score (nSPS) is 10.0. The van der Waals surface area contributed by atoms with E-state index in [4.69, 9.17) is 30.3 Å². The number of nitrogen functional groups attached to an aromatic ring is 1. The van der Waals surface area contributed by atoms with Crippen LogP contribution >= 0.6 is 24.4 Å². The molecular weight excluding hydrogens is 418 g/mol. The molecule has 2 aromatic carbocycles. The maximum absolute atomic E-state index is 13.3. The Morgan fingerprint density at radius 2 is 1.37 bits per heavy atom. The van der Waals surface area contributed by atoms with Gasteiger partial charge in [-0.25, -0.2) is 15.8 Å². The number of nitrogens with one attached hydrogen (secondary N) is 2. The third kappa shape index (κ3) is 4.90. The Hall–Kier alpha value is -3.53. The molecule has 150 valence electrons. The first-order valence-electron chi connectivity index (χ1n) is 8.79. The minimum Gasteiger partial charge on any atom is -0.289 e. The number of hydrogen-bond donors (Lipinski definition) is 3. The number of carbonyl (C=O) groups is 2. The van der Waals surface area contributed by atoms with Crippen LogP contribution in [0.2, 0.25) is 0 Å². The molecule has 0 aliphatic carbocycles. The molecule has 0 atom stereocenters. The maximum atomic E-state index is 13.3. The summed E-state index contributed by atoms with van der Waals surface area (Å²) in [5.74, 6) is 3.97. The number of nitrogens with zero attached hydrogens (tertiary/aromatic N) is 2. The van der Waals surface area contributed by atoms with Crippen molar-refractivity contribution < 1.29 is 9.59 Å². The van der Waals surface area contributed by atoms with E-state index in [1.165, 1.54) is 18.2 Å². The fourth-order valence-corrected chi connectivity index (χ4v) is 3.02. The van der Waals surface area contributed by atoms with Gasteiger partial charge in [0.1, 0.15) is 21.4 Å². The van der Waals surface area contributed by atoms with Crippen LogP contribution < -0.4 is 16.7 Å². The van der Waals surface area contributed by atoms with Gasteiger partial charge in [0.2, 0.25) is 0 Å². The molecular formula is C21H17N5O2S2. The van der Waals surface area contributed by atoms with Gasteiger partial charge in [0.15, 0.2) is 0 Å². The predicted molar refractivity (Wildman–Crippen MR) is 121 cm³/mol. The van der Waals surface area contributed by atoms with Crippen molar-refractivity contribution in [2.45, 2.75) is 0 Å². The lowest BCUT2D eigenvalue weighted by atomic mass is 10.2. The average molecular weight is 436 g/mol. The molecule has 0 bridgehead atoms. The van der Waals surface area contributed by atoms with Crippen LogP contribution in [-0.2, 0) is 0 Å². The van der Waals surface area contributed by atoms with Gasteiger partial charge in [-0.2, -0.15) is 0 Å². The first kappa shape index (κ1) is 21.2. The molecule has 4 N–H and O–H groups in total. The van der Waals surface area contributed by atoms with Gasteiger partial charge < -0.3 is 0 Å². The number of nitrogens with two attached hydrogens (primary N) is 1. The van der Waals surface area contributed by atoms with E-state index in [1.54, 1.807) is 12.1 Å². The molecule has 0 saturated heterocycles. The second-order valence-corrected chi connectivity index (χ2v) is 6.80. The Balaban J connectivity index is 1.96. The minimum atomic E-state index is -0.616. The molecule has 2 amide bonds. The van der Waals surface area contributed by atoms with Crippen molar-refractivity contribution in [2.75, 3.05) is 0 Å². The molecule has 0 saturated carbocycles. The highest BCUT2D eigenvalue weighted by Crippen LogP contribution is 2.11. The van der Waals surface area contributed by atoms with Crippen LogP contribution in [0, 0.1) is 0 Å². The Morgan fingerprint density at radius 1 is 0.800 bits per heavy atom. The summed E-state index contributed by atoms with van der Waals surface area (Å²) >= 11 is 11.0. The minimum absolute atomic E-state index is 0.000402. The second kappa shape index (κ2) is 9.79. The highest BCUT2D eigenvalue weighted by Gasteiger charge is 2.24. The third-order valence-electron chi connectivity index (χ3n) is 4.01. The molecule has 0 fully saturated rings. The monoisotopic (exact) mass is 435 g/mol. The Bertz CT molecular complexity index is 1090. The van der Waals surface area contributed by atoms with E-state index < -0.39 is 11.8 Å². The summed E-state index contributed by atoms with van der Waals surface area (Å²) in [6, 6.07) is 22.6. The van der Waals surface area contributed by atoms with Crippen molar-refractivity contribution >= 4 is 46.2 Å². The smallest absolute Gasteiger partial charge is 0.289 e. The van der Waals surface area contributed by atoms with Gasteiger partial charge in [-0.15, -0.1) is 0 Å². The zero-order valence-electron chi connectivity index (χ0n) is 15.6. The number of pyridine rings is 1. The van der Waals surface area contributed by atoms with E-state index >= 15 is 0 Å². The van der Waals surface area contributed by atoms with E-state index in [2.05, 4.69) is 10.4 Å². The average Bonchev–Trinajstić information content (AvgIpc) is 2.82. The van der Waals surface area contributed by atoms with Crippen LogP contribution in [0.15, 0.2) is 78.9 Å². The highest BCUT2D eigenvalue weighted by molar-refractivity contribution is 7.81. The van der Waals surface area contributed by atoms with Gasteiger partial charge in [-0.3, -0.25) is 20.4 Å². The van der Waals surface area contributed by atoms with Crippen LogP contribution in [0.1, 0.15) is 32.1 Å². The van der Waals surface area contributed by atoms with Crippen molar-refractivity contribution in [3.8, 4) is 0 Å². The fraction of sp³-hybridized carbons (Fsp3) is 0. The molecule has 1 aromatic heterocycles. The Morgan fingerprint density at radius 3 is 1.97 bits per heavy atom. The van der Waals surface area contributed by atoms with E-state index in [9.17, 15) is 9.59 Å². The summed E-state index contributed by atoms with van der Waals surface area (Å²) < 4.78 is 0. The van der Waals surface area contributed by atoms with Crippen LogP contribution in [0.3, 0.4) is 0 Å².